The van der Waals surface area contributed by atoms with Gasteiger partial charge in [-0.3, -0.25) is 19.9 Å². The van der Waals surface area contributed by atoms with Crippen molar-refractivity contribution in [3.05, 3.63) is 193 Å². The maximum absolute atomic E-state index is 5.19. The Hall–Kier alpha value is -7.30. The summed E-state index contributed by atoms with van der Waals surface area (Å²) in [5, 5.41) is 9.82. The largest absolute Gasteiger partial charge is 0.254 e. The molecule has 0 aliphatic carbocycles. The van der Waals surface area contributed by atoms with Crippen LogP contribution in [0.25, 0.3) is 87.9 Å². The number of hydrogen-bond acceptors (Lipinski definition) is 4. The van der Waals surface area contributed by atoms with E-state index in [1.165, 1.54) is 65.3 Å². The Morgan fingerprint density at radius 3 is 1.63 bits per heavy atom. The van der Waals surface area contributed by atoms with Crippen LogP contribution in [0.1, 0.15) is 23.7 Å². The van der Waals surface area contributed by atoms with Gasteiger partial charge in [-0.2, -0.15) is 0 Å². The summed E-state index contributed by atoms with van der Waals surface area (Å²) in [6.45, 7) is 6.16. The van der Waals surface area contributed by atoms with Gasteiger partial charge < -0.3 is 0 Å². The predicted octanol–water partition coefficient (Wildman–Crippen LogP) is 13.9. The lowest BCUT2D eigenvalue weighted by Crippen LogP contribution is -2.05. The van der Waals surface area contributed by atoms with Gasteiger partial charge in [0.05, 0.1) is 17.1 Å². The molecule has 10 aromatic rings. The highest BCUT2D eigenvalue weighted by molar-refractivity contribution is 6.22. The molecule has 0 aliphatic rings. The lowest BCUT2D eigenvalue weighted by molar-refractivity contribution is 1.14. The van der Waals surface area contributed by atoms with E-state index < -0.39 is 0 Å². The second-order valence-electron chi connectivity index (χ2n) is 14.8. The maximum Gasteiger partial charge on any atom is 0.116 e. The minimum Gasteiger partial charge on any atom is -0.254 e. The monoisotopic (exact) mass is 730 g/mol. The molecule has 270 valence electrons. The molecule has 0 fully saturated rings. The molecule has 2 aromatic heterocycles. The summed E-state index contributed by atoms with van der Waals surface area (Å²) < 4.78 is 0. The van der Waals surface area contributed by atoms with E-state index in [1.807, 2.05) is 26.0 Å². The van der Waals surface area contributed by atoms with Crippen LogP contribution >= 0.6 is 0 Å². The Morgan fingerprint density at radius 2 is 0.947 bits per heavy atom. The van der Waals surface area contributed by atoms with Gasteiger partial charge in [0.1, 0.15) is 11.4 Å². The fourth-order valence-electron chi connectivity index (χ4n) is 8.32. The van der Waals surface area contributed by atoms with Crippen molar-refractivity contribution in [3.8, 4) is 44.8 Å². The summed E-state index contributed by atoms with van der Waals surface area (Å²) in [7, 11) is 0. The Labute approximate surface area is 331 Å². The fraction of sp³-hybridized carbons (Fsp3) is 0.0566. The summed E-state index contributed by atoms with van der Waals surface area (Å²) in [6, 6.07) is 57.3. The van der Waals surface area contributed by atoms with Crippen LogP contribution in [-0.2, 0) is 0 Å². The lowest BCUT2D eigenvalue weighted by atomic mass is 9.84. The van der Waals surface area contributed by atoms with Crippen LogP contribution < -0.4 is 0 Å². The van der Waals surface area contributed by atoms with Crippen molar-refractivity contribution in [3.63, 3.8) is 0 Å². The first kappa shape index (κ1) is 34.2. The minimum atomic E-state index is 0.725. The van der Waals surface area contributed by atoms with Gasteiger partial charge in [-0.1, -0.05) is 127 Å². The van der Waals surface area contributed by atoms with Crippen molar-refractivity contribution in [1.29, 1.82) is 0 Å². The molecule has 0 saturated carbocycles. The van der Waals surface area contributed by atoms with Gasteiger partial charge in [0, 0.05) is 18.6 Å². The fourth-order valence-corrected chi connectivity index (χ4v) is 8.32. The van der Waals surface area contributed by atoms with Gasteiger partial charge in [-0.15, -0.1) is 0 Å². The zero-order valence-corrected chi connectivity index (χ0v) is 32.0. The third kappa shape index (κ3) is 6.12. The highest BCUT2D eigenvalue weighted by Crippen LogP contribution is 2.46. The van der Waals surface area contributed by atoms with E-state index in [0.717, 1.165) is 50.7 Å². The summed E-state index contributed by atoms with van der Waals surface area (Å²) >= 11 is 0. The van der Waals surface area contributed by atoms with Gasteiger partial charge in [0.25, 0.3) is 0 Å². The number of nitrogens with zero attached hydrogens (tertiary/aromatic N) is 4. The van der Waals surface area contributed by atoms with E-state index in [1.54, 1.807) is 18.6 Å². The van der Waals surface area contributed by atoms with Gasteiger partial charge in [-0.25, -0.2) is 0 Å². The molecule has 10 rings (SSSR count). The summed E-state index contributed by atoms with van der Waals surface area (Å²) in [5.74, 6) is 0. The van der Waals surface area contributed by atoms with Crippen LogP contribution in [0, 0.1) is 13.8 Å². The Kier molecular flexibility index (Phi) is 8.45. The van der Waals surface area contributed by atoms with Crippen molar-refractivity contribution in [2.45, 2.75) is 20.8 Å². The molecule has 4 heteroatoms. The molecule has 0 saturated heterocycles. The topological polar surface area (TPSA) is 51.0 Å². The second-order valence-corrected chi connectivity index (χ2v) is 14.8. The van der Waals surface area contributed by atoms with Crippen molar-refractivity contribution >= 4 is 54.5 Å². The molecular formula is C53H38N4. The van der Waals surface area contributed by atoms with E-state index in [-0.39, 0.29) is 0 Å². The average molecular weight is 731 g/mol. The van der Waals surface area contributed by atoms with Gasteiger partial charge in [0.15, 0.2) is 0 Å². The van der Waals surface area contributed by atoms with Gasteiger partial charge in [-0.05, 0) is 139 Å². The van der Waals surface area contributed by atoms with E-state index >= 15 is 0 Å². The van der Waals surface area contributed by atoms with Crippen LogP contribution in [-0.4, -0.2) is 20.7 Å². The molecule has 0 aliphatic heterocycles. The number of pyridine rings is 1. The number of hydrogen-bond donors (Lipinski definition) is 0. The first-order chi connectivity index (χ1) is 28.0. The predicted molar refractivity (Wildman–Crippen MR) is 239 cm³/mol. The summed E-state index contributed by atoms with van der Waals surface area (Å²) in [4.78, 5) is 19.3. The van der Waals surface area contributed by atoms with Crippen molar-refractivity contribution in [1.82, 2.24) is 15.0 Å². The number of aromatic nitrogens is 3. The van der Waals surface area contributed by atoms with E-state index in [2.05, 4.69) is 158 Å². The second kappa shape index (κ2) is 14.1. The summed E-state index contributed by atoms with van der Waals surface area (Å²) in [6.07, 6.45) is 5.23. The number of aryl methyl sites for hydroxylation is 2. The number of aliphatic imine (C=N–C) groups is 1. The first-order valence-electron chi connectivity index (χ1n) is 19.4. The minimum absolute atomic E-state index is 0.725. The van der Waals surface area contributed by atoms with Gasteiger partial charge >= 0.3 is 0 Å². The third-order valence-corrected chi connectivity index (χ3v) is 11.2. The quantitative estimate of drug-likeness (QED) is 0.126. The molecule has 0 spiro atoms. The molecule has 4 nitrogen and oxygen atoms in total. The highest BCUT2D eigenvalue weighted by Gasteiger charge is 2.19. The van der Waals surface area contributed by atoms with E-state index in [4.69, 9.17) is 15.0 Å². The first-order valence-corrected chi connectivity index (χ1v) is 19.4. The van der Waals surface area contributed by atoms with Crippen molar-refractivity contribution in [2.75, 3.05) is 0 Å². The van der Waals surface area contributed by atoms with Crippen LogP contribution in [0.4, 0.5) is 5.69 Å². The van der Waals surface area contributed by atoms with Crippen LogP contribution in [0.5, 0.6) is 0 Å². The average Bonchev–Trinajstić information content (AvgIpc) is 3.26. The zero-order valence-electron chi connectivity index (χ0n) is 32.0. The van der Waals surface area contributed by atoms with Crippen LogP contribution in [0.2, 0.25) is 0 Å². The number of benzene rings is 8. The van der Waals surface area contributed by atoms with Crippen LogP contribution in [0.3, 0.4) is 0 Å². The van der Waals surface area contributed by atoms with Crippen molar-refractivity contribution in [2.24, 2.45) is 4.99 Å². The summed E-state index contributed by atoms with van der Waals surface area (Å²) in [5.41, 5.74) is 13.2. The highest BCUT2D eigenvalue weighted by atomic mass is 14.9. The molecule has 0 atom stereocenters. The van der Waals surface area contributed by atoms with Gasteiger partial charge in [0.2, 0.25) is 0 Å². The third-order valence-electron chi connectivity index (χ3n) is 11.2. The molecule has 0 unspecified atom stereocenters. The Bertz CT molecular complexity index is 3230. The Morgan fingerprint density at radius 1 is 0.404 bits per heavy atom. The van der Waals surface area contributed by atoms with E-state index in [0.29, 0.717) is 0 Å². The van der Waals surface area contributed by atoms with Crippen LogP contribution in [0.15, 0.2) is 181 Å². The number of rotatable bonds is 6. The molecule has 0 N–H and O–H groups in total. The standard InChI is InChI=1S/C53H38N4/c1-33-18-19-41(32-48(33)57-35(3)52-53(56-28-27-55-52)51-34(2)11-10-26-54-51)40-24-25-46-47(31-40)50(43-23-21-37-13-5-7-15-39(37)30-43)45-17-9-8-16-44(45)49(46)42-22-20-36-12-4-6-14-38(36)29-42/h4-32H,1-3H3/b57-35+. The van der Waals surface area contributed by atoms with E-state index in [9.17, 15) is 0 Å². The molecule has 0 bridgehead atoms. The molecular weight excluding hydrogens is 693 g/mol. The maximum atomic E-state index is 5.19. The lowest BCUT2D eigenvalue weighted by Gasteiger charge is -2.19. The molecule has 57 heavy (non-hydrogen) atoms. The molecule has 8 aromatic carbocycles. The normalized spacial score (nSPS) is 11.9. The van der Waals surface area contributed by atoms with Crippen molar-refractivity contribution < 1.29 is 0 Å². The molecule has 0 amide bonds. The smallest absolute Gasteiger partial charge is 0.116 e. The molecule has 0 radical (unpaired) electrons. The SMILES string of the molecule is C/C(=N\c1cc(-c2ccc3c(-c4ccc5ccccc5c4)c4ccccc4c(-c4ccc5ccccc5c4)c3c2)ccc1C)c1nccnc1-c1ncccc1C. The Balaban J connectivity index is 1.18. The number of fused-ring (bicyclic) bond motifs is 4. The molecule has 2 heterocycles. The zero-order chi connectivity index (χ0) is 38.5.